The maximum Gasteiger partial charge on any atom is 0.275 e. The molecule has 2 amide bonds. The van der Waals surface area contributed by atoms with Crippen molar-refractivity contribution in [3.63, 3.8) is 0 Å². The summed E-state index contributed by atoms with van der Waals surface area (Å²) < 4.78 is 1.60. The molecule has 2 heterocycles. The fraction of sp³-hybridized carbons (Fsp3) is 0.385. The van der Waals surface area contributed by atoms with Crippen LogP contribution >= 0.6 is 11.3 Å². The van der Waals surface area contributed by atoms with Crippen molar-refractivity contribution in [3.8, 4) is 0 Å². The molecule has 0 bridgehead atoms. The Labute approximate surface area is 126 Å². The van der Waals surface area contributed by atoms with Gasteiger partial charge in [-0.1, -0.05) is 11.3 Å². The van der Waals surface area contributed by atoms with Crippen LogP contribution in [0, 0.1) is 6.92 Å². The van der Waals surface area contributed by atoms with Gasteiger partial charge in [0.1, 0.15) is 10.6 Å². The number of nitrogens with one attached hydrogen (secondary N) is 1. The van der Waals surface area contributed by atoms with E-state index in [1.165, 1.54) is 16.2 Å². The fourth-order valence-corrected chi connectivity index (χ4v) is 2.77. The molecular formula is C13H17N5O2S. The van der Waals surface area contributed by atoms with E-state index in [1.54, 1.807) is 38.0 Å². The molecule has 0 aliphatic rings. The fourth-order valence-electron chi connectivity index (χ4n) is 1.79. The number of hydrogen-bond acceptors (Lipinski definition) is 5. The molecule has 2 rings (SSSR count). The smallest absolute Gasteiger partial charge is 0.275 e. The summed E-state index contributed by atoms with van der Waals surface area (Å²) in [5.74, 6) is -0.406. The van der Waals surface area contributed by atoms with Gasteiger partial charge in [0.15, 0.2) is 5.13 Å². The summed E-state index contributed by atoms with van der Waals surface area (Å²) in [4.78, 5) is 30.4. The zero-order chi connectivity index (χ0) is 15.6. The van der Waals surface area contributed by atoms with Gasteiger partial charge >= 0.3 is 0 Å². The molecule has 0 aliphatic heterocycles. The van der Waals surface area contributed by atoms with Crippen molar-refractivity contribution < 1.29 is 9.59 Å². The van der Waals surface area contributed by atoms with Crippen molar-refractivity contribution in [1.82, 2.24) is 19.7 Å². The molecular weight excluding hydrogens is 290 g/mol. The van der Waals surface area contributed by atoms with Gasteiger partial charge in [0.25, 0.3) is 11.8 Å². The van der Waals surface area contributed by atoms with E-state index in [1.807, 2.05) is 6.92 Å². The van der Waals surface area contributed by atoms with Crippen LogP contribution in [0.15, 0.2) is 12.3 Å². The Morgan fingerprint density at radius 3 is 2.76 bits per heavy atom. The van der Waals surface area contributed by atoms with Crippen LogP contribution in [0.4, 0.5) is 5.13 Å². The van der Waals surface area contributed by atoms with Crippen LogP contribution in [0.1, 0.15) is 32.8 Å². The lowest BCUT2D eigenvalue weighted by molar-refractivity contribution is 0.0831. The Bertz CT molecular complexity index is 674. The maximum atomic E-state index is 12.2. The zero-order valence-corrected chi connectivity index (χ0v) is 13.2. The first kappa shape index (κ1) is 15.2. The highest BCUT2D eigenvalue weighted by atomic mass is 32.1. The van der Waals surface area contributed by atoms with Crippen LogP contribution in [-0.2, 0) is 6.54 Å². The normalized spacial score (nSPS) is 10.5. The van der Waals surface area contributed by atoms with Crippen LogP contribution < -0.4 is 5.32 Å². The number of amides is 2. The van der Waals surface area contributed by atoms with E-state index in [9.17, 15) is 9.59 Å². The quantitative estimate of drug-likeness (QED) is 0.931. The summed E-state index contributed by atoms with van der Waals surface area (Å²) in [6.07, 6.45) is 1.58. The molecule has 0 spiro atoms. The Kier molecular flexibility index (Phi) is 4.37. The van der Waals surface area contributed by atoms with Crippen molar-refractivity contribution in [2.45, 2.75) is 20.4 Å². The van der Waals surface area contributed by atoms with Crippen LogP contribution in [-0.4, -0.2) is 45.6 Å². The third kappa shape index (κ3) is 3.10. The minimum absolute atomic E-state index is 0.121. The molecule has 0 radical (unpaired) electrons. The van der Waals surface area contributed by atoms with Crippen molar-refractivity contribution in [1.29, 1.82) is 0 Å². The van der Waals surface area contributed by atoms with Crippen LogP contribution in [0.5, 0.6) is 0 Å². The molecule has 0 aromatic carbocycles. The number of carbonyl (C=O) groups excluding carboxylic acids is 2. The van der Waals surface area contributed by atoms with E-state index in [4.69, 9.17) is 0 Å². The third-order valence-electron chi connectivity index (χ3n) is 2.87. The molecule has 0 saturated carbocycles. The number of aromatic nitrogens is 3. The van der Waals surface area contributed by atoms with Gasteiger partial charge in [-0.3, -0.25) is 19.6 Å². The minimum atomic E-state index is -0.285. The molecule has 8 heteroatoms. The number of carbonyl (C=O) groups is 2. The number of nitrogens with zero attached hydrogens (tertiary/aromatic N) is 4. The Morgan fingerprint density at radius 1 is 1.43 bits per heavy atom. The summed E-state index contributed by atoms with van der Waals surface area (Å²) in [5, 5.41) is 7.17. The number of thiazole rings is 1. The average molecular weight is 307 g/mol. The van der Waals surface area contributed by atoms with Crippen molar-refractivity contribution in [3.05, 3.63) is 28.5 Å². The van der Waals surface area contributed by atoms with Gasteiger partial charge in [-0.15, -0.1) is 0 Å². The second-order valence-corrected chi connectivity index (χ2v) is 5.62. The van der Waals surface area contributed by atoms with Crippen LogP contribution in [0.3, 0.4) is 0 Å². The molecule has 7 nitrogen and oxygen atoms in total. The molecule has 0 unspecified atom stereocenters. The van der Waals surface area contributed by atoms with E-state index in [-0.39, 0.29) is 11.8 Å². The predicted octanol–water partition coefficient (Wildman–Crippen LogP) is 1.62. The number of aryl methyl sites for hydroxylation is 2. The van der Waals surface area contributed by atoms with Gasteiger partial charge in [-0.25, -0.2) is 4.98 Å². The van der Waals surface area contributed by atoms with Crippen molar-refractivity contribution >= 4 is 28.3 Å². The lowest BCUT2D eigenvalue weighted by Crippen LogP contribution is -2.21. The van der Waals surface area contributed by atoms with Gasteiger partial charge in [0.05, 0.1) is 5.69 Å². The summed E-state index contributed by atoms with van der Waals surface area (Å²) >= 11 is 1.17. The molecule has 0 aliphatic carbocycles. The minimum Gasteiger partial charge on any atom is -0.344 e. The highest BCUT2D eigenvalue weighted by Gasteiger charge is 2.19. The Morgan fingerprint density at radius 2 is 2.14 bits per heavy atom. The van der Waals surface area contributed by atoms with Crippen molar-refractivity contribution in [2.75, 3.05) is 19.4 Å². The second kappa shape index (κ2) is 6.04. The van der Waals surface area contributed by atoms with E-state index < -0.39 is 0 Å². The van der Waals surface area contributed by atoms with Gasteiger partial charge in [-0.05, 0) is 19.9 Å². The summed E-state index contributed by atoms with van der Waals surface area (Å²) in [7, 11) is 3.36. The molecule has 2 aromatic heterocycles. The lowest BCUT2D eigenvalue weighted by Gasteiger charge is -2.07. The Balaban J connectivity index is 2.19. The second-order valence-electron chi connectivity index (χ2n) is 4.62. The average Bonchev–Trinajstić information content (AvgIpc) is 3.04. The summed E-state index contributed by atoms with van der Waals surface area (Å²) in [6.45, 7) is 4.27. The molecule has 1 N–H and O–H groups in total. The molecule has 0 atom stereocenters. The molecule has 0 saturated heterocycles. The van der Waals surface area contributed by atoms with E-state index in [0.29, 0.717) is 27.9 Å². The highest BCUT2D eigenvalue weighted by Crippen LogP contribution is 2.24. The van der Waals surface area contributed by atoms with Gasteiger partial charge in [0.2, 0.25) is 0 Å². The van der Waals surface area contributed by atoms with E-state index >= 15 is 0 Å². The standard InChI is InChI=1S/C13H17N5O2S/c1-5-18-9(6-7-14-18)11(19)16-13-15-8(2)10(21-13)12(20)17(3)4/h6-7H,5H2,1-4H3,(H,15,16,19). The first-order valence-electron chi connectivity index (χ1n) is 6.46. The summed E-state index contributed by atoms with van der Waals surface area (Å²) in [6, 6.07) is 1.64. The SMILES string of the molecule is CCn1nccc1C(=O)Nc1nc(C)c(C(=O)N(C)C)s1. The van der Waals surface area contributed by atoms with Gasteiger partial charge < -0.3 is 4.90 Å². The van der Waals surface area contributed by atoms with Crippen LogP contribution in [0.25, 0.3) is 0 Å². The Hall–Kier alpha value is -2.22. The topological polar surface area (TPSA) is 80.1 Å². The monoisotopic (exact) mass is 307 g/mol. The number of rotatable bonds is 4. The molecule has 21 heavy (non-hydrogen) atoms. The maximum absolute atomic E-state index is 12.2. The van der Waals surface area contributed by atoms with E-state index in [2.05, 4.69) is 15.4 Å². The predicted molar refractivity (Wildman–Crippen MR) is 80.7 cm³/mol. The first-order valence-corrected chi connectivity index (χ1v) is 7.28. The summed E-state index contributed by atoms with van der Waals surface area (Å²) in [5.41, 5.74) is 1.07. The molecule has 112 valence electrons. The lowest BCUT2D eigenvalue weighted by atomic mass is 10.3. The number of anilines is 1. The molecule has 0 fully saturated rings. The van der Waals surface area contributed by atoms with Crippen molar-refractivity contribution in [2.24, 2.45) is 0 Å². The zero-order valence-electron chi connectivity index (χ0n) is 12.4. The molecule has 2 aromatic rings. The largest absolute Gasteiger partial charge is 0.344 e. The van der Waals surface area contributed by atoms with Crippen LogP contribution in [0.2, 0.25) is 0 Å². The number of hydrogen-bond donors (Lipinski definition) is 1. The van der Waals surface area contributed by atoms with E-state index in [0.717, 1.165) is 0 Å². The first-order chi connectivity index (χ1) is 9.93. The third-order valence-corrected chi connectivity index (χ3v) is 3.93. The van der Waals surface area contributed by atoms with Gasteiger partial charge in [-0.2, -0.15) is 5.10 Å². The highest BCUT2D eigenvalue weighted by molar-refractivity contribution is 7.17. The van der Waals surface area contributed by atoms with Gasteiger partial charge in [0, 0.05) is 26.8 Å².